The van der Waals surface area contributed by atoms with Gasteiger partial charge in [-0.15, -0.1) is 0 Å². The van der Waals surface area contributed by atoms with E-state index in [1.54, 1.807) is 0 Å². The number of benzene rings is 1. The number of hydrogen-bond donors (Lipinski definition) is 3. The molecule has 18 heavy (non-hydrogen) atoms. The molecule has 1 aromatic heterocycles. The summed E-state index contributed by atoms with van der Waals surface area (Å²) in [6.07, 6.45) is 1.91. The second-order valence-corrected chi connectivity index (χ2v) is 4.45. The van der Waals surface area contributed by atoms with Gasteiger partial charge < -0.3 is 10.4 Å². The Balaban J connectivity index is 2.20. The maximum atomic E-state index is 13.7. The lowest BCUT2D eigenvalue weighted by molar-refractivity contribution is 0.475. The van der Waals surface area contributed by atoms with E-state index >= 15 is 0 Å². The molecule has 0 radical (unpaired) electrons. The molecule has 0 saturated heterocycles. The van der Waals surface area contributed by atoms with Crippen LogP contribution in [0, 0.1) is 5.82 Å². The van der Waals surface area contributed by atoms with Crippen LogP contribution in [0.2, 0.25) is 0 Å². The lowest BCUT2D eigenvalue weighted by Gasteiger charge is -2.19. The number of anilines is 1. The Morgan fingerprint density at radius 3 is 3.06 bits per heavy atom. The largest absolute Gasteiger partial charge is 0.507 e. The molecule has 3 rings (SSSR count). The topological polar surface area (TPSA) is 60.9 Å². The molecule has 4 nitrogen and oxygen atoms in total. The van der Waals surface area contributed by atoms with E-state index in [1.807, 2.05) is 0 Å². The Labute approximate surface area is 104 Å². The highest BCUT2D eigenvalue weighted by atomic mass is 19.1. The van der Waals surface area contributed by atoms with Crippen LogP contribution in [-0.2, 0) is 13.0 Å². The van der Waals surface area contributed by atoms with E-state index in [9.17, 15) is 9.50 Å². The normalized spacial score (nSPS) is 12.8. The molecule has 0 unspecified atom stereocenters. The lowest BCUT2D eigenvalue weighted by atomic mass is 9.97. The highest BCUT2D eigenvalue weighted by molar-refractivity contribution is 5.85. The van der Waals surface area contributed by atoms with Crippen molar-refractivity contribution >= 4 is 5.69 Å². The molecule has 0 spiro atoms. The smallest absolute Gasteiger partial charge is 0.147 e. The Morgan fingerprint density at radius 1 is 1.44 bits per heavy atom. The van der Waals surface area contributed by atoms with Crippen molar-refractivity contribution in [3.8, 4) is 17.0 Å². The van der Waals surface area contributed by atoms with Crippen LogP contribution in [-0.4, -0.2) is 15.3 Å². The average molecular weight is 247 g/mol. The van der Waals surface area contributed by atoms with Crippen LogP contribution in [0.5, 0.6) is 5.75 Å². The van der Waals surface area contributed by atoms with E-state index in [4.69, 9.17) is 0 Å². The number of nitrogens with zero attached hydrogens (tertiary/aromatic N) is 1. The van der Waals surface area contributed by atoms with Gasteiger partial charge in [0.15, 0.2) is 0 Å². The van der Waals surface area contributed by atoms with Gasteiger partial charge in [0, 0.05) is 17.8 Å². The van der Waals surface area contributed by atoms with Gasteiger partial charge in [0.2, 0.25) is 0 Å². The third kappa shape index (κ3) is 1.47. The van der Waals surface area contributed by atoms with Crippen LogP contribution in [0.4, 0.5) is 10.1 Å². The molecule has 0 aliphatic carbocycles. The molecule has 94 valence electrons. The molecule has 0 fully saturated rings. The number of nitrogens with one attached hydrogen (secondary N) is 2. The number of phenolic OH excluding ortho intramolecular Hbond substituents is 1. The number of aromatic amines is 1. The minimum Gasteiger partial charge on any atom is -0.507 e. The Hall–Kier alpha value is -2.04. The Morgan fingerprint density at radius 2 is 2.28 bits per heavy atom. The molecule has 1 aromatic carbocycles. The van der Waals surface area contributed by atoms with E-state index < -0.39 is 0 Å². The number of aromatic nitrogens is 2. The summed E-state index contributed by atoms with van der Waals surface area (Å²) in [5, 5.41) is 20.1. The van der Waals surface area contributed by atoms with Crippen molar-refractivity contribution < 1.29 is 9.50 Å². The fourth-order valence-electron chi connectivity index (χ4n) is 2.41. The fourth-order valence-corrected chi connectivity index (χ4v) is 2.41. The van der Waals surface area contributed by atoms with Crippen molar-refractivity contribution in [2.75, 3.05) is 5.32 Å². The SMILES string of the molecule is CCCc1[nH]nc2c1CNc1c(F)ccc(O)c1-2. The second-order valence-electron chi connectivity index (χ2n) is 4.45. The molecule has 3 N–H and O–H groups in total. The molecule has 0 bridgehead atoms. The summed E-state index contributed by atoms with van der Waals surface area (Å²) < 4.78 is 13.7. The zero-order valence-corrected chi connectivity index (χ0v) is 10.0. The minimum atomic E-state index is -0.367. The minimum absolute atomic E-state index is 0.0504. The number of hydrogen-bond acceptors (Lipinski definition) is 3. The van der Waals surface area contributed by atoms with Crippen LogP contribution >= 0.6 is 0 Å². The van der Waals surface area contributed by atoms with Crippen LogP contribution in [0.15, 0.2) is 12.1 Å². The first-order chi connectivity index (χ1) is 8.72. The summed E-state index contributed by atoms with van der Waals surface area (Å²) in [7, 11) is 0. The monoisotopic (exact) mass is 247 g/mol. The van der Waals surface area contributed by atoms with Crippen molar-refractivity contribution in [2.45, 2.75) is 26.3 Å². The Bertz CT molecular complexity index is 607. The maximum Gasteiger partial charge on any atom is 0.147 e. The zero-order chi connectivity index (χ0) is 12.7. The van der Waals surface area contributed by atoms with E-state index in [0.29, 0.717) is 23.5 Å². The van der Waals surface area contributed by atoms with Crippen LogP contribution in [0.25, 0.3) is 11.3 Å². The molecule has 2 aromatic rings. The number of rotatable bonds is 2. The molecule has 1 aliphatic rings. The fraction of sp³-hybridized carbons (Fsp3) is 0.308. The summed E-state index contributed by atoms with van der Waals surface area (Å²) in [5.74, 6) is -0.317. The summed E-state index contributed by atoms with van der Waals surface area (Å²) in [6.45, 7) is 2.63. The van der Waals surface area contributed by atoms with Gasteiger partial charge in [-0.05, 0) is 18.6 Å². The van der Waals surface area contributed by atoms with Gasteiger partial charge in [-0.1, -0.05) is 13.3 Å². The van der Waals surface area contributed by atoms with Crippen molar-refractivity contribution in [3.05, 3.63) is 29.2 Å². The predicted octanol–water partition coefficient (Wildman–Crippen LogP) is 2.80. The van der Waals surface area contributed by atoms with Gasteiger partial charge in [-0.25, -0.2) is 4.39 Å². The van der Waals surface area contributed by atoms with E-state index in [-0.39, 0.29) is 11.6 Å². The molecule has 0 amide bonds. The lowest BCUT2D eigenvalue weighted by Crippen LogP contribution is -2.11. The maximum absolute atomic E-state index is 13.7. The average Bonchev–Trinajstić information content (AvgIpc) is 2.77. The first kappa shape index (κ1) is 11.1. The van der Waals surface area contributed by atoms with Gasteiger partial charge in [-0.3, -0.25) is 5.10 Å². The molecule has 1 aliphatic heterocycles. The molecular formula is C13H14FN3O. The van der Waals surface area contributed by atoms with Gasteiger partial charge in [-0.2, -0.15) is 5.10 Å². The van der Waals surface area contributed by atoms with Crippen molar-refractivity contribution in [2.24, 2.45) is 0 Å². The first-order valence-corrected chi connectivity index (χ1v) is 6.04. The van der Waals surface area contributed by atoms with Crippen LogP contribution in [0.3, 0.4) is 0 Å². The number of aryl methyl sites for hydroxylation is 1. The van der Waals surface area contributed by atoms with Crippen molar-refractivity contribution in [1.29, 1.82) is 0 Å². The molecule has 5 heteroatoms. The van der Waals surface area contributed by atoms with Crippen molar-refractivity contribution in [3.63, 3.8) is 0 Å². The summed E-state index contributed by atoms with van der Waals surface area (Å²) in [5.41, 5.74) is 3.51. The van der Waals surface area contributed by atoms with Crippen molar-refractivity contribution in [1.82, 2.24) is 10.2 Å². The van der Waals surface area contributed by atoms with Gasteiger partial charge in [0.25, 0.3) is 0 Å². The van der Waals surface area contributed by atoms with Gasteiger partial charge >= 0.3 is 0 Å². The molecule has 0 saturated carbocycles. The highest BCUT2D eigenvalue weighted by Crippen LogP contribution is 2.42. The number of halogens is 1. The van der Waals surface area contributed by atoms with E-state index in [2.05, 4.69) is 22.4 Å². The molecule has 2 heterocycles. The number of aromatic hydroxyl groups is 1. The second kappa shape index (κ2) is 4.01. The zero-order valence-electron chi connectivity index (χ0n) is 10.0. The number of phenols is 1. The first-order valence-electron chi connectivity index (χ1n) is 6.04. The van der Waals surface area contributed by atoms with Gasteiger partial charge in [0.1, 0.15) is 17.3 Å². The van der Waals surface area contributed by atoms with Gasteiger partial charge in [0.05, 0.1) is 11.3 Å². The predicted molar refractivity (Wildman–Crippen MR) is 67.0 cm³/mol. The highest BCUT2D eigenvalue weighted by Gasteiger charge is 2.26. The summed E-state index contributed by atoms with van der Waals surface area (Å²) in [4.78, 5) is 0. The third-order valence-electron chi connectivity index (χ3n) is 3.26. The van der Waals surface area contributed by atoms with E-state index in [0.717, 1.165) is 24.1 Å². The van der Waals surface area contributed by atoms with Crippen LogP contribution in [0.1, 0.15) is 24.6 Å². The molecular weight excluding hydrogens is 233 g/mol. The van der Waals surface area contributed by atoms with E-state index in [1.165, 1.54) is 12.1 Å². The quantitative estimate of drug-likeness (QED) is 0.764. The number of H-pyrrole nitrogens is 1. The Kier molecular flexibility index (Phi) is 2.47. The summed E-state index contributed by atoms with van der Waals surface area (Å²) in [6, 6.07) is 2.62. The van der Waals surface area contributed by atoms with Crippen LogP contribution < -0.4 is 5.32 Å². The number of fused-ring (bicyclic) bond motifs is 3. The molecule has 0 atom stereocenters. The standard InChI is InChI=1S/C13H14FN3O/c1-2-3-9-7-6-15-13-8(14)4-5-10(18)11(13)12(7)17-16-9/h4-5,15,18H,2-3,6H2,1H3,(H,16,17). The summed E-state index contributed by atoms with van der Waals surface area (Å²) >= 11 is 0. The third-order valence-corrected chi connectivity index (χ3v) is 3.26.